The largest absolute Gasteiger partial charge is 0.349 e. The molecule has 0 radical (unpaired) electrons. The molecule has 22 heavy (non-hydrogen) atoms. The molecule has 0 aliphatic carbocycles. The number of benzene rings is 1. The number of alkyl halides is 1. The summed E-state index contributed by atoms with van der Waals surface area (Å²) in [5, 5.41) is 0.881. The molecule has 3 atom stereocenters. The molecule has 1 aliphatic heterocycles. The second kappa shape index (κ2) is 8.44. The quantitative estimate of drug-likeness (QED) is 0.549. The summed E-state index contributed by atoms with van der Waals surface area (Å²) < 4.78 is 5.50. The summed E-state index contributed by atoms with van der Waals surface area (Å²) in [4.78, 5) is 25.6. The standard InChI is InChI=1S/C17H22BrNO3/c1-13(6-5-9-18)17(21)19-15(12-22-16(19)11-20)10-14-7-3-2-4-8-14/h2-4,7-8,11,13,15-16H,5-6,9-10,12H2,1H3. The van der Waals surface area contributed by atoms with E-state index in [1.165, 1.54) is 0 Å². The van der Waals surface area contributed by atoms with Gasteiger partial charge in [0.1, 0.15) is 0 Å². The van der Waals surface area contributed by atoms with Crippen LogP contribution in [0.4, 0.5) is 0 Å². The number of amides is 1. The van der Waals surface area contributed by atoms with Crippen LogP contribution in [-0.4, -0.2) is 41.3 Å². The third-order valence-corrected chi connectivity index (χ3v) is 4.57. The fourth-order valence-corrected chi connectivity index (χ4v) is 3.12. The predicted octanol–water partition coefficient (Wildman–Crippen LogP) is 2.79. The molecule has 120 valence electrons. The van der Waals surface area contributed by atoms with Crippen molar-refractivity contribution >= 4 is 28.1 Å². The van der Waals surface area contributed by atoms with Crippen molar-refractivity contribution in [3.63, 3.8) is 0 Å². The second-order valence-electron chi connectivity index (χ2n) is 5.68. The van der Waals surface area contributed by atoms with Crippen molar-refractivity contribution in [2.75, 3.05) is 11.9 Å². The Labute approximate surface area is 140 Å². The summed E-state index contributed by atoms with van der Waals surface area (Å²) in [6.07, 6.45) is 2.44. The Morgan fingerprint density at radius 1 is 1.45 bits per heavy atom. The molecule has 1 heterocycles. The van der Waals surface area contributed by atoms with Crippen molar-refractivity contribution < 1.29 is 14.3 Å². The molecule has 0 spiro atoms. The molecule has 0 bridgehead atoms. The van der Waals surface area contributed by atoms with Gasteiger partial charge >= 0.3 is 0 Å². The number of hydrogen-bond acceptors (Lipinski definition) is 3. The maximum Gasteiger partial charge on any atom is 0.228 e. The van der Waals surface area contributed by atoms with Crippen molar-refractivity contribution in [1.82, 2.24) is 4.90 Å². The van der Waals surface area contributed by atoms with Crippen molar-refractivity contribution in [1.29, 1.82) is 0 Å². The van der Waals surface area contributed by atoms with Gasteiger partial charge in [0.05, 0.1) is 12.6 Å². The SMILES string of the molecule is CC(CCCBr)C(=O)N1C(Cc2ccccc2)COC1C=O. The van der Waals surface area contributed by atoms with Crippen molar-refractivity contribution in [2.24, 2.45) is 5.92 Å². The lowest BCUT2D eigenvalue weighted by Crippen LogP contribution is -2.46. The number of carbonyl (C=O) groups excluding carboxylic acids is 2. The van der Waals surface area contributed by atoms with E-state index in [-0.39, 0.29) is 17.9 Å². The van der Waals surface area contributed by atoms with Crippen LogP contribution in [-0.2, 0) is 20.7 Å². The number of aldehydes is 1. The Balaban J connectivity index is 2.08. The van der Waals surface area contributed by atoms with E-state index < -0.39 is 6.23 Å². The first kappa shape index (κ1) is 17.2. The van der Waals surface area contributed by atoms with Gasteiger partial charge in [0.2, 0.25) is 5.91 Å². The molecular weight excluding hydrogens is 346 g/mol. The molecule has 3 unspecified atom stereocenters. The van der Waals surface area contributed by atoms with Crippen LogP contribution in [0.1, 0.15) is 25.3 Å². The molecule has 0 N–H and O–H groups in total. The lowest BCUT2D eigenvalue weighted by molar-refractivity contribution is -0.145. The van der Waals surface area contributed by atoms with E-state index >= 15 is 0 Å². The maximum absolute atomic E-state index is 12.7. The fraction of sp³-hybridized carbons (Fsp3) is 0.529. The molecule has 1 aliphatic rings. The van der Waals surface area contributed by atoms with Gasteiger partial charge in [-0.15, -0.1) is 0 Å². The summed E-state index contributed by atoms with van der Waals surface area (Å²) in [6, 6.07) is 9.92. The van der Waals surface area contributed by atoms with E-state index in [1.54, 1.807) is 4.90 Å². The molecule has 5 heteroatoms. The summed E-state index contributed by atoms with van der Waals surface area (Å²) in [5.41, 5.74) is 1.15. The smallest absolute Gasteiger partial charge is 0.228 e. The Morgan fingerprint density at radius 2 is 2.18 bits per heavy atom. The molecule has 1 aromatic carbocycles. The van der Waals surface area contributed by atoms with Gasteiger partial charge in [-0.25, -0.2) is 0 Å². The minimum absolute atomic E-state index is 0.0106. The number of halogens is 1. The molecule has 4 nitrogen and oxygen atoms in total. The third-order valence-electron chi connectivity index (χ3n) is 4.00. The number of nitrogens with zero attached hydrogens (tertiary/aromatic N) is 1. The zero-order valence-electron chi connectivity index (χ0n) is 12.8. The number of rotatable bonds is 7. The van der Waals surface area contributed by atoms with Gasteiger partial charge in [-0.3, -0.25) is 9.59 Å². The van der Waals surface area contributed by atoms with Gasteiger partial charge in [-0.1, -0.05) is 53.2 Å². The van der Waals surface area contributed by atoms with E-state index in [2.05, 4.69) is 15.9 Å². The average molecular weight is 368 g/mol. The molecule has 1 fully saturated rings. The molecular formula is C17H22BrNO3. The van der Waals surface area contributed by atoms with Gasteiger partial charge in [-0.05, 0) is 24.8 Å². The Kier molecular flexibility index (Phi) is 6.58. The summed E-state index contributed by atoms with van der Waals surface area (Å²) >= 11 is 3.39. The lowest BCUT2D eigenvalue weighted by atomic mass is 10.0. The van der Waals surface area contributed by atoms with E-state index in [9.17, 15) is 9.59 Å². The molecule has 2 rings (SSSR count). The molecule has 0 saturated carbocycles. The highest BCUT2D eigenvalue weighted by atomic mass is 79.9. The van der Waals surface area contributed by atoms with Gasteiger partial charge in [0, 0.05) is 11.2 Å². The Morgan fingerprint density at radius 3 is 2.82 bits per heavy atom. The van der Waals surface area contributed by atoms with Crippen molar-refractivity contribution in [2.45, 2.75) is 38.5 Å². The second-order valence-corrected chi connectivity index (χ2v) is 6.47. The molecule has 1 amide bonds. The van der Waals surface area contributed by atoms with Crippen LogP contribution in [0.5, 0.6) is 0 Å². The first-order valence-corrected chi connectivity index (χ1v) is 8.78. The van der Waals surface area contributed by atoms with Crippen LogP contribution in [0.25, 0.3) is 0 Å². The monoisotopic (exact) mass is 367 g/mol. The topological polar surface area (TPSA) is 46.6 Å². The van der Waals surface area contributed by atoms with E-state index in [0.717, 1.165) is 30.0 Å². The molecule has 0 aromatic heterocycles. The van der Waals surface area contributed by atoms with Crippen LogP contribution in [0.3, 0.4) is 0 Å². The minimum atomic E-state index is -0.743. The average Bonchev–Trinajstić information content (AvgIpc) is 2.95. The normalized spacial score (nSPS) is 22.5. The highest BCUT2D eigenvalue weighted by molar-refractivity contribution is 9.09. The molecule has 1 saturated heterocycles. The van der Waals surface area contributed by atoms with Crippen LogP contribution in [0.15, 0.2) is 30.3 Å². The fourth-order valence-electron chi connectivity index (χ4n) is 2.79. The van der Waals surface area contributed by atoms with Crippen LogP contribution in [0, 0.1) is 5.92 Å². The predicted molar refractivity (Wildman–Crippen MR) is 88.8 cm³/mol. The number of hydrogen-bond donors (Lipinski definition) is 0. The third kappa shape index (κ3) is 4.17. The van der Waals surface area contributed by atoms with Gasteiger partial charge < -0.3 is 9.64 Å². The number of ether oxygens (including phenoxy) is 1. The van der Waals surface area contributed by atoms with Crippen LogP contribution < -0.4 is 0 Å². The molecule has 1 aromatic rings. The zero-order chi connectivity index (χ0) is 15.9. The Bertz CT molecular complexity index is 494. The first-order valence-electron chi connectivity index (χ1n) is 7.66. The summed E-state index contributed by atoms with van der Waals surface area (Å²) in [7, 11) is 0. The van der Waals surface area contributed by atoms with E-state index in [1.807, 2.05) is 37.3 Å². The van der Waals surface area contributed by atoms with Crippen molar-refractivity contribution in [3.8, 4) is 0 Å². The first-order chi connectivity index (χ1) is 10.7. The summed E-state index contributed by atoms with van der Waals surface area (Å²) in [5.74, 6) is -0.0866. The van der Waals surface area contributed by atoms with Gasteiger partial charge in [0.25, 0.3) is 0 Å². The maximum atomic E-state index is 12.7. The van der Waals surface area contributed by atoms with Gasteiger partial charge in [-0.2, -0.15) is 0 Å². The van der Waals surface area contributed by atoms with E-state index in [0.29, 0.717) is 13.0 Å². The number of carbonyl (C=O) groups is 2. The Hall–Kier alpha value is -1.20. The van der Waals surface area contributed by atoms with Gasteiger partial charge in [0.15, 0.2) is 12.5 Å². The van der Waals surface area contributed by atoms with Crippen LogP contribution >= 0.6 is 15.9 Å². The zero-order valence-corrected chi connectivity index (χ0v) is 14.4. The van der Waals surface area contributed by atoms with Crippen LogP contribution in [0.2, 0.25) is 0 Å². The van der Waals surface area contributed by atoms with E-state index in [4.69, 9.17) is 4.74 Å². The highest BCUT2D eigenvalue weighted by Crippen LogP contribution is 2.23. The van der Waals surface area contributed by atoms with Crippen molar-refractivity contribution in [3.05, 3.63) is 35.9 Å². The highest BCUT2D eigenvalue weighted by Gasteiger charge is 2.39. The minimum Gasteiger partial charge on any atom is -0.349 e. The summed E-state index contributed by atoms with van der Waals surface area (Å²) in [6.45, 7) is 2.33. The lowest BCUT2D eigenvalue weighted by Gasteiger charge is -2.28.